The minimum atomic E-state index is -0.342. The molecule has 0 fully saturated rings. The Balaban J connectivity index is 2.76. The zero-order valence-electron chi connectivity index (χ0n) is 11.1. The lowest BCUT2D eigenvalue weighted by Gasteiger charge is -2.07. The van der Waals surface area contributed by atoms with Crippen LogP contribution in [0.2, 0.25) is 0 Å². The van der Waals surface area contributed by atoms with E-state index in [9.17, 15) is 10.1 Å². The van der Waals surface area contributed by atoms with Gasteiger partial charge < -0.3 is 5.32 Å². The standard InChI is InChI=1S/C14H20N2O2/c1-4-9-15-12(3)6-8-13-7-5-11(2)14(10-13)16(17)18/h5-8,10,12,15H,4,9H2,1-3H3/b8-6+. The first-order valence-corrected chi connectivity index (χ1v) is 6.21. The van der Waals surface area contributed by atoms with Gasteiger partial charge in [0.25, 0.3) is 5.69 Å². The first-order chi connectivity index (χ1) is 8.54. The number of benzene rings is 1. The molecule has 0 aromatic heterocycles. The first kappa shape index (κ1) is 14.4. The molecular formula is C14H20N2O2. The van der Waals surface area contributed by atoms with Gasteiger partial charge in [-0.2, -0.15) is 0 Å². The predicted molar refractivity (Wildman–Crippen MR) is 74.6 cm³/mol. The summed E-state index contributed by atoms with van der Waals surface area (Å²) >= 11 is 0. The van der Waals surface area contributed by atoms with Gasteiger partial charge in [-0.3, -0.25) is 10.1 Å². The summed E-state index contributed by atoms with van der Waals surface area (Å²) in [6.45, 7) is 6.90. The number of hydrogen-bond acceptors (Lipinski definition) is 3. The maximum Gasteiger partial charge on any atom is 0.272 e. The van der Waals surface area contributed by atoms with Crippen LogP contribution >= 0.6 is 0 Å². The fourth-order valence-corrected chi connectivity index (χ4v) is 1.62. The molecule has 0 aliphatic rings. The smallest absolute Gasteiger partial charge is 0.272 e. The second kappa shape index (κ2) is 6.91. The van der Waals surface area contributed by atoms with Gasteiger partial charge in [-0.05, 0) is 32.4 Å². The molecule has 0 bridgehead atoms. The Bertz CT molecular complexity index is 441. The largest absolute Gasteiger partial charge is 0.311 e. The van der Waals surface area contributed by atoms with Gasteiger partial charge in [-0.15, -0.1) is 0 Å². The topological polar surface area (TPSA) is 55.2 Å². The zero-order chi connectivity index (χ0) is 13.5. The summed E-state index contributed by atoms with van der Waals surface area (Å²) in [5.74, 6) is 0. The molecule has 98 valence electrons. The molecule has 0 aliphatic heterocycles. The third-order valence-electron chi connectivity index (χ3n) is 2.72. The summed E-state index contributed by atoms with van der Waals surface area (Å²) in [6.07, 6.45) is 5.03. The fourth-order valence-electron chi connectivity index (χ4n) is 1.62. The number of rotatable bonds is 6. The van der Waals surface area contributed by atoms with Crippen molar-refractivity contribution >= 4 is 11.8 Å². The Morgan fingerprint density at radius 1 is 1.50 bits per heavy atom. The van der Waals surface area contributed by atoms with Gasteiger partial charge in [0.1, 0.15) is 0 Å². The van der Waals surface area contributed by atoms with Crippen molar-refractivity contribution in [2.24, 2.45) is 0 Å². The Morgan fingerprint density at radius 2 is 2.22 bits per heavy atom. The van der Waals surface area contributed by atoms with Crippen molar-refractivity contribution in [1.82, 2.24) is 5.32 Å². The third-order valence-corrected chi connectivity index (χ3v) is 2.72. The highest BCUT2D eigenvalue weighted by Crippen LogP contribution is 2.20. The molecule has 1 atom stereocenters. The summed E-state index contributed by atoms with van der Waals surface area (Å²) < 4.78 is 0. The summed E-state index contributed by atoms with van der Waals surface area (Å²) in [5, 5.41) is 14.2. The van der Waals surface area contributed by atoms with E-state index < -0.39 is 0 Å². The van der Waals surface area contributed by atoms with Crippen LogP contribution in [0.15, 0.2) is 24.3 Å². The lowest BCUT2D eigenvalue weighted by atomic mass is 10.1. The van der Waals surface area contributed by atoms with E-state index in [2.05, 4.69) is 19.2 Å². The molecular weight excluding hydrogens is 228 g/mol. The monoisotopic (exact) mass is 248 g/mol. The SMILES string of the molecule is CCCNC(C)/C=C/c1ccc(C)c([N+](=O)[O-])c1. The second-order valence-corrected chi connectivity index (χ2v) is 4.40. The highest BCUT2D eigenvalue weighted by molar-refractivity contribution is 5.56. The van der Waals surface area contributed by atoms with Gasteiger partial charge in [-0.1, -0.05) is 31.2 Å². The van der Waals surface area contributed by atoms with Crippen LogP contribution in [0.5, 0.6) is 0 Å². The van der Waals surface area contributed by atoms with Gasteiger partial charge in [-0.25, -0.2) is 0 Å². The van der Waals surface area contributed by atoms with Crippen molar-refractivity contribution in [1.29, 1.82) is 0 Å². The van der Waals surface area contributed by atoms with Crippen LogP contribution in [0.4, 0.5) is 5.69 Å². The van der Waals surface area contributed by atoms with Crippen LogP contribution in [0.25, 0.3) is 6.08 Å². The van der Waals surface area contributed by atoms with Crippen LogP contribution in [-0.4, -0.2) is 17.5 Å². The van der Waals surface area contributed by atoms with E-state index in [0.29, 0.717) is 5.56 Å². The van der Waals surface area contributed by atoms with Crippen LogP contribution in [-0.2, 0) is 0 Å². The average Bonchev–Trinajstić information content (AvgIpc) is 2.35. The maximum atomic E-state index is 10.8. The van der Waals surface area contributed by atoms with E-state index in [4.69, 9.17) is 0 Å². The third kappa shape index (κ3) is 4.30. The highest BCUT2D eigenvalue weighted by Gasteiger charge is 2.09. The lowest BCUT2D eigenvalue weighted by Crippen LogP contribution is -2.24. The number of nitrogens with one attached hydrogen (secondary N) is 1. The lowest BCUT2D eigenvalue weighted by molar-refractivity contribution is -0.385. The van der Waals surface area contributed by atoms with E-state index in [1.165, 1.54) is 0 Å². The summed E-state index contributed by atoms with van der Waals surface area (Å²) in [4.78, 5) is 10.5. The minimum Gasteiger partial charge on any atom is -0.311 e. The molecule has 0 saturated carbocycles. The molecule has 0 amide bonds. The molecule has 0 saturated heterocycles. The zero-order valence-corrected chi connectivity index (χ0v) is 11.1. The molecule has 1 aromatic carbocycles. The molecule has 1 unspecified atom stereocenters. The maximum absolute atomic E-state index is 10.8. The van der Waals surface area contributed by atoms with E-state index in [1.807, 2.05) is 18.2 Å². The summed E-state index contributed by atoms with van der Waals surface area (Å²) in [6, 6.07) is 5.55. The van der Waals surface area contributed by atoms with Crippen LogP contribution in [0.3, 0.4) is 0 Å². The van der Waals surface area contributed by atoms with Crippen LogP contribution in [0.1, 0.15) is 31.4 Å². The number of nitro benzene ring substituents is 1. The Hall–Kier alpha value is -1.68. The molecule has 0 spiro atoms. The molecule has 0 radical (unpaired) electrons. The fraction of sp³-hybridized carbons (Fsp3) is 0.429. The average molecular weight is 248 g/mol. The highest BCUT2D eigenvalue weighted by atomic mass is 16.6. The van der Waals surface area contributed by atoms with Crippen LogP contribution in [0, 0.1) is 17.0 Å². The molecule has 0 aliphatic carbocycles. The van der Waals surface area contributed by atoms with Gasteiger partial charge in [0.15, 0.2) is 0 Å². The molecule has 1 rings (SSSR count). The van der Waals surface area contributed by atoms with Crippen molar-refractivity contribution in [3.8, 4) is 0 Å². The number of nitro groups is 1. The molecule has 4 nitrogen and oxygen atoms in total. The van der Waals surface area contributed by atoms with Gasteiger partial charge >= 0.3 is 0 Å². The number of nitrogens with zero attached hydrogens (tertiary/aromatic N) is 1. The summed E-state index contributed by atoms with van der Waals surface area (Å²) in [5.41, 5.74) is 1.72. The Kier molecular flexibility index (Phi) is 5.52. The van der Waals surface area contributed by atoms with Crippen molar-refractivity contribution in [3.05, 3.63) is 45.5 Å². The van der Waals surface area contributed by atoms with Gasteiger partial charge in [0.05, 0.1) is 4.92 Å². The van der Waals surface area contributed by atoms with Crippen molar-refractivity contribution in [2.75, 3.05) is 6.54 Å². The predicted octanol–water partition coefficient (Wildman–Crippen LogP) is 3.30. The quantitative estimate of drug-likeness (QED) is 0.620. The Morgan fingerprint density at radius 3 is 2.83 bits per heavy atom. The molecule has 1 N–H and O–H groups in total. The van der Waals surface area contributed by atoms with E-state index in [1.54, 1.807) is 19.1 Å². The number of hydrogen-bond donors (Lipinski definition) is 1. The van der Waals surface area contributed by atoms with Crippen molar-refractivity contribution in [2.45, 2.75) is 33.2 Å². The van der Waals surface area contributed by atoms with Crippen LogP contribution < -0.4 is 5.32 Å². The van der Waals surface area contributed by atoms with E-state index in [0.717, 1.165) is 18.5 Å². The first-order valence-electron chi connectivity index (χ1n) is 6.21. The number of aryl methyl sites for hydroxylation is 1. The normalized spacial score (nSPS) is 12.8. The van der Waals surface area contributed by atoms with E-state index >= 15 is 0 Å². The van der Waals surface area contributed by atoms with Gasteiger partial charge in [0, 0.05) is 17.7 Å². The molecule has 18 heavy (non-hydrogen) atoms. The molecule has 4 heteroatoms. The Labute approximate surface area is 108 Å². The molecule has 1 aromatic rings. The summed E-state index contributed by atoms with van der Waals surface area (Å²) in [7, 11) is 0. The van der Waals surface area contributed by atoms with Gasteiger partial charge in [0.2, 0.25) is 0 Å². The van der Waals surface area contributed by atoms with Crippen molar-refractivity contribution < 1.29 is 4.92 Å². The van der Waals surface area contributed by atoms with Crippen molar-refractivity contribution in [3.63, 3.8) is 0 Å². The second-order valence-electron chi connectivity index (χ2n) is 4.40. The minimum absolute atomic E-state index is 0.173. The molecule has 0 heterocycles. The van der Waals surface area contributed by atoms with E-state index in [-0.39, 0.29) is 16.7 Å².